The molecule has 0 aliphatic heterocycles. The zero-order valence-corrected chi connectivity index (χ0v) is 18.3. The molecule has 2 N–H and O–H groups in total. The topological polar surface area (TPSA) is 75.3 Å². The number of carbonyl (C=O) groups is 1. The highest BCUT2D eigenvalue weighted by atomic mass is 35.5. The van der Waals surface area contributed by atoms with Gasteiger partial charge in [-0.05, 0) is 67.8 Å². The molecule has 3 aromatic rings. The van der Waals surface area contributed by atoms with Crippen LogP contribution in [0.25, 0.3) is 0 Å². The summed E-state index contributed by atoms with van der Waals surface area (Å²) in [7, 11) is -3.66. The van der Waals surface area contributed by atoms with E-state index >= 15 is 0 Å². The van der Waals surface area contributed by atoms with Gasteiger partial charge in [0.05, 0.1) is 4.90 Å². The Bertz CT molecular complexity index is 1140. The predicted molar refractivity (Wildman–Crippen MR) is 122 cm³/mol. The van der Waals surface area contributed by atoms with Crippen LogP contribution in [0.3, 0.4) is 0 Å². The van der Waals surface area contributed by atoms with Crippen molar-refractivity contribution in [3.63, 3.8) is 0 Å². The molecule has 0 saturated carbocycles. The first-order valence-electron chi connectivity index (χ1n) is 9.47. The minimum Gasteiger partial charge on any atom is -0.326 e. The van der Waals surface area contributed by atoms with Gasteiger partial charge in [-0.25, -0.2) is 8.42 Å². The van der Waals surface area contributed by atoms with Crippen LogP contribution in [0.15, 0.2) is 71.6 Å². The van der Waals surface area contributed by atoms with Crippen LogP contribution in [0.1, 0.15) is 23.1 Å². The molecule has 0 aromatic heterocycles. The van der Waals surface area contributed by atoms with Crippen molar-refractivity contribution in [2.24, 2.45) is 0 Å². The van der Waals surface area contributed by atoms with Gasteiger partial charge in [-0.3, -0.25) is 9.52 Å². The molecule has 1 amide bonds. The average molecular weight is 443 g/mol. The SMILES string of the molecule is Cc1ccc(NS(=O)(=O)c2ccc(CCC(=O)Nc3ccc(C)c(Cl)c3)cc2)cc1. The lowest BCUT2D eigenvalue weighted by atomic mass is 10.1. The first kappa shape index (κ1) is 21.9. The highest BCUT2D eigenvalue weighted by Crippen LogP contribution is 2.21. The Morgan fingerprint density at radius 3 is 2.17 bits per heavy atom. The Labute approximate surface area is 182 Å². The maximum Gasteiger partial charge on any atom is 0.261 e. The zero-order chi connectivity index (χ0) is 21.7. The molecule has 0 unspecified atom stereocenters. The Morgan fingerprint density at radius 1 is 0.900 bits per heavy atom. The molecule has 5 nitrogen and oxygen atoms in total. The van der Waals surface area contributed by atoms with Crippen molar-refractivity contribution >= 4 is 38.9 Å². The van der Waals surface area contributed by atoms with Crippen LogP contribution in [-0.2, 0) is 21.2 Å². The molecule has 0 aliphatic rings. The number of aryl methyl sites for hydroxylation is 3. The highest BCUT2D eigenvalue weighted by Gasteiger charge is 2.14. The van der Waals surface area contributed by atoms with E-state index < -0.39 is 10.0 Å². The van der Waals surface area contributed by atoms with Gasteiger partial charge in [-0.2, -0.15) is 0 Å². The third kappa shape index (κ3) is 5.84. The van der Waals surface area contributed by atoms with Crippen molar-refractivity contribution in [3.05, 3.63) is 88.4 Å². The van der Waals surface area contributed by atoms with Gasteiger partial charge in [0.25, 0.3) is 10.0 Å². The fraction of sp³-hybridized carbons (Fsp3) is 0.174. The molecule has 0 radical (unpaired) electrons. The van der Waals surface area contributed by atoms with E-state index in [0.717, 1.165) is 16.7 Å². The second-order valence-corrected chi connectivity index (χ2v) is 9.22. The smallest absolute Gasteiger partial charge is 0.261 e. The van der Waals surface area contributed by atoms with Gasteiger partial charge >= 0.3 is 0 Å². The van der Waals surface area contributed by atoms with Crippen LogP contribution in [-0.4, -0.2) is 14.3 Å². The lowest BCUT2D eigenvalue weighted by Crippen LogP contribution is -2.13. The van der Waals surface area contributed by atoms with E-state index in [1.165, 1.54) is 0 Å². The number of hydrogen-bond donors (Lipinski definition) is 2. The number of hydrogen-bond acceptors (Lipinski definition) is 3. The largest absolute Gasteiger partial charge is 0.326 e. The van der Waals surface area contributed by atoms with E-state index in [1.807, 2.05) is 32.0 Å². The first-order chi connectivity index (χ1) is 14.2. The summed E-state index contributed by atoms with van der Waals surface area (Å²) in [4.78, 5) is 12.3. The maximum atomic E-state index is 12.5. The highest BCUT2D eigenvalue weighted by molar-refractivity contribution is 7.92. The second kappa shape index (κ2) is 9.32. The number of halogens is 1. The van der Waals surface area contributed by atoms with Gasteiger partial charge in [0, 0.05) is 22.8 Å². The van der Waals surface area contributed by atoms with Crippen LogP contribution >= 0.6 is 11.6 Å². The lowest BCUT2D eigenvalue weighted by Gasteiger charge is -2.10. The van der Waals surface area contributed by atoms with Crippen LogP contribution in [0.5, 0.6) is 0 Å². The van der Waals surface area contributed by atoms with Gasteiger partial charge in [0.2, 0.25) is 5.91 Å². The Balaban J connectivity index is 1.57. The van der Waals surface area contributed by atoms with Crippen LogP contribution in [0.4, 0.5) is 11.4 Å². The van der Waals surface area contributed by atoms with Gasteiger partial charge in [0.15, 0.2) is 0 Å². The van der Waals surface area contributed by atoms with Crippen LogP contribution < -0.4 is 10.0 Å². The summed E-state index contributed by atoms with van der Waals surface area (Å²) in [5.41, 5.74) is 4.04. The van der Waals surface area contributed by atoms with E-state index in [-0.39, 0.29) is 17.2 Å². The molecule has 0 saturated heterocycles. The van der Waals surface area contributed by atoms with Crippen molar-refractivity contribution in [1.29, 1.82) is 0 Å². The van der Waals surface area contributed by atoms with Crippen molar-refractivity contribution in [2.45, 2.75) is 31.6 Å². The van der Waals surface area contributed by atoms with Gasteiger partial charge < -0.3 is 5.32 Å². The van der Waals surface area contributed by atoms with Gasteiger partial charge in [-0.1, -0.05) is 47.5 Å². The quantitative estimate of drug-likeness (QED) is 0.519. The van der Waals surface area contributed by atoms with Gasteiger partial charge in [-0.15, -0.1) is 0 Å². The van der Waals surface area contributed by atoms with Crippen molar-refractivity contribution in [1.82, 2.24) is 0 Å². The van der Waals surface area contributed by atoms with E-state index in [9.17, 15) is 13.2 Å². The molecule has 30 heavy (non-hydrogen) atoms. The predicted octanol–water partition coefficient (Wildman–Crippen LogP) is 5.33. The number of anilines is 2. The minimum absolute atomic E-state index is 0.132. The summed E-state index contributed by atoms with van der Waals surface area (Å²) in [5.74, 6) is -0.132. The monoisotopic (exact) mass is 442 g/mol. The van der Waals surface area contributed by atoms with E-state index in [4.69, 9.17) is 11.6 Å². The summed E-state index contributed by atoms with van der Waals surface area (Å²) < 4.78 is 27.6. The second-order valence-electron chi connectivity index (χ2n) is 7.13. The minimum atomic E-state index is -3.66. The molecule has 156 valence electrons. The van der Waals surface area contributed by atoms with Crippen LogP contribution in [0.2, 0.25) is 5.02 Å². The van der Waals surface area contributed by atoms with Crippen LogP contribution in [0, 0.1) is 13.8 Å². The number of sulfonamides is 1. The molecule has 3 aromatic carbocycles. The molecular weight excluding hydrogens is 420 g/mol. The van der Waals surface area contributed by atoms with E-state index in [1.54, 1.807) is 48.5 Å². The van der Waals surface area contributed by atoms with E-state index in [2.05, 4.69) is 10.0 Å². The number of rotatable bonds is 7. The molecule has 0 bridgehead atoms. The molecular formula is C23H23ClN2O3S. The lowest BCUT2D eigenvalue weighted by molar-refractivity contribution is -0.116. The zero-order valence-electron chi connectivity index (χ0n) is 16.8. The van der Waals surface area contributed by atoms with Gasteiger partial charge in [0.1, 0.15) is 0 Å². The maximum absolute atomic E-state index is 12.5. The van der Waals surface area contributed by atoms with E-state index in [0.29, 0.717) is 22.8 Å². The normalized spacial score (nSPS) is 11.2. The molecule has 0 heterocycles. The fourth-order valence-corrected chi connectivity index (χ4v) is 4.06. The molecule has 7 heteroatoms. The summed E-state index contributed by atoms with van der Waals surface area (Å²) in [6, 6.07) is 19.0. The molecule has 0 spiro atoms. The van der Waals surface area contributed by atoms with Crippen molar-refractivity contribution in [3.8, 4) is 0 Å². The standard InChI is InChI=1S/C23H23ClN2O3S/c1-16-3-9-19(10-4-16)26-30(28,29)21-12-6-18(7-13-21)8-14-23(27)25-20-11-5-17(2)22(24)15-20/h3-7,9-13,15,26H,8,14H2,1-2H3,(H,25,27). The average Bonchev–Trinajstić information content (AvgIpc) is 2.71. The van der Waals surface area contributed by atoms with Crippen molar-refractivity contribution in [2.75, 3.05) is 10.0 Å². The Kier molecular flexibility index (Phi) is 6.80. The number of carbonyl (C=O) groups excluding carboxylic acids is 1. The number of amides is 1. The first-order valence-corrected chi connectivity index (χ1v) is 11.3. The number of nitrogens with one attached hydrogen (secondary N) is 2. The fourth-order valence-electron chi connectivity index (χ4n) is 2.82. The van der Waals surface area contributed by atoms with Crippen molar-refractivity contribution < 1.29 is 13.2 Å². The Morgan fingerprint density at radius 2 is 1.53 bits per heavy atom. The summed E-state index contributed by atoms with van der Waals surface area (Å²) in [5, 5.41) is 3.42. The summed E-state index contributed by atoms with van der Waals surface area (Å²) >= 11 is 6.07. The number of benzene rings is 3. The molecule has 0 fully saturated rings. The molecule has 3 rings (SSSR count). The summed E-state index contributed by atoms with van der Waals surface area (Å²) in [6.07, 6.45) is 0.774. The summed E-state index contributed by atoms with van der Waals surface area (Å²) in [6.45, 7) is 3.83. The molecule has 0 aliphatic carbocycles. The molecule has 0 atom stereocenters. The Hall–Kier alpha value is -2.83. The third-order valence-corrected chi connectivity index (χ3v) is 6.44. The third-order valence-electron chi connectivity index (χ3n) is 4.63.